The molecule has 0 atom stereocenters. The maximum Gasteiger partial charge on any atom is 0.0597 e. The third kappa shape index (κ3) is 2.11. The maximum atomic E-state index is 5.10. The van der Waals surface area contributed by atoms with Crippen LogP contribution in [0.25, 0.3) is 0 Å². The van der Waals surface area contributed by atoms with Crippen LogP contribution in [0, 0.1) is 19.3 Å². The number of hydrogen-bond donors (Lipinski definition) is 1. The van der Waals surface area contributed by atoms with Gasteiger partial charge in [0.2, 0.25) is 0 Å². The third-order valence-electron chi connectivity index (χ3n) is 1.63. The molecule has 0 aliphatic carbocycles. The van der Waals surface area contributed by atoms with Gasteiger partial charge in [-0.15, -0.1) is 6.42 Å². The summed E-state index contributed by atoms with van der Waals surface area (Å²) in [4.78, 5) is 0. The minimum absolute atomic E-state index is 0.601. The van der Waals surface area contributed by atoms with Crippen LogP contribution in [0.15, 0.2) is 6.07 Å². The molecule has 1 heterocycles. The summed E-state index contributed by atoms with van der Waals surface area (Å²) in [6.07, 6.45) is 5.10. The maximum absolute atomic E-state index is 5.10. The Balaban J connectivity index is 2.52. The summed E-state index contributed by atoms with van der Waals surface area (Å²) in [6, 6.07) is 2.05. The van der Waals surface area contributed by atoms with Gasteiger partial charge in [-0.2, -0.15) is 5.10 Å². The van der Waals surface area contributed by atoms with Crippen LogP contribution >= 0.6 is 0 Å². The highest BCUT2D eigenvalue weighted by atomic mass is 15.3. The Morgan fingerprint density at radius 3 is 3.00 bits per heavy atom. The summed E-state index contributed by atoms with van der Waals surface area (Å²) >= 11 is 0. The average molecular weight is 163 g/mol. The fourth-order valence-corrected chi connectivity index (χ4v) is 1.09. The molecule has 0 fully saturated rings. The van der Waals surface area contributed by atoms with Crippen LogP contribution in [0.3, 0.4) is 0 Å². The Kier molecular flexibility index (Phi) is 2.89. The molecule has 0 radical (unpaired) electrons. The number of nitrogens with zero attached hydrogens (tertiary/aromatic N) is 2. The Morgan fingerprint density at radius 1 is 1.75 bits per heavy atom. The van der Waals surface area contributed by atoms with Crippen LogP contribution in [0.1, 0.15) is 11.4 Å². The summed E-state index contributed by atoms with van der Waals surface area (Å²) in [7, 11) is 1.93. The van der Waals surface area contributed by atoms with Gasteiger partial charge in [0, 0.05) is 13.6 Å². The van der Waals surface area contributed by atoms with Gasteiger partial charge in [-0.25, -0.2) is 0 Å². The molecule has 0 saturated carbocycles. The van der Waals surface area contributed by atoms with E-state index >= 15 is 0 Å². The molecule has 0 aliphatic heterocycles. The van der Waals surface area contributed by atoms with E-state index in [1.165, 1.54) is 0 Å². The first-order chi connectivity index (χ1) is 5.74. The minimum Gasteiger partial charge on any atom is -0.301 e. The second-order valence-electron chi connectivity index (χ2n) is 2.71. The lowest BCUT2D eigenvalue weighted by molar-refractivity contribution is 0.655. The molecule has 0 unspecified atom stereocenters. The molecule has 0 saturated heterocycles. The lowest BCUT2D eigenvalue weighted by Crippen LogP contribution is -2.15. The monoisotopic (exact) mass is 163 g/mol. The Bertz CT molecular complexity index is 293. The van der Waals surface area contributed by atoms with Crippen molar-refractivity contribution < 1.29 is 0 Å². The minimum atomic E-state index is 0.601. The van der Waals surface area contributed by atoms with Crippen LogP contribution < -0.4 is 5.32 Å². The number of rotatable bonds is 3. The average Bonchev–Trinajstić information content (AvgIpc) is 2.31. The topological polar surface area (TPSA) is 29.9 Å². The molecular weight excluding hydrogens is 150 g/mol. The molecule has 3 heteroatoms. The molecule has 0 bridgehead atoms. The van der Waals surface area contributed by atoms with Crippen LogP contribution in [0.5, 0.6) is 0 Å². The van der Waals surface area contributed by atoms with Gasteiger partial charge in [-0.05, 0) is 13.0 Å². The van der Waals surface area contributed by atoms with Crippen LogP contribution in [0.4, 0.5) is 0 Å². The summed E-state index contributed by atoms with van der Waals surface area (Å²) in [6.45, 7) is 3.36. The van der Waals surface area contributed by atoms with E-state index in [2.05, 4.69) is 16.3 Å². The highest BCUT2D eigenvalue weighted by molar-refractivity contribution is 5.08. The van der Waals surface area contributed by atoms with Gasteiger partial charge in [0.1, 0.15) is 0 Å². The van der Waals surface area contributed by atoms with Crippen molar-refractivity contribution in [1.29, 1.82) is 0 Å². The van der Waals surface area contributed by atoms with Crippen molar-refractivity contribution in [3.63, 3.8) is 0 Å². The van der Waals surface area contributed by atoms with Gasteiger partial charge in [0.05, 0.1) is 17.9 Å². The fraction of sp³-hybridized carbons (Fsp3) is 0.444. The van der Waals surface area contributed by atoms with Crippen molar-refractivity contribution in [3.8, 4) is 12.3 Å². The highest BCUT2D eigenvalue weighted by Crippen LogP contribution is 2.00. The lowest BCUT2D eigenvalue weighted by Gasteiger charge is -2.00. The summed E-state index contributed by atoms with van der Waals surface area (Å²) in [5, 5.41) is 7.32. The SMILES string of the molecule is C#CCNCc1cc(C)nn1C. The first-order valence-corrected chi connectivity index (χ1v) is 3.87. The van der Waals surface area contributed by atoms with Crippen LogP contribution in [-0.4, -0.2) is 16.3 Å². The number of hydrogen-bond acceptors (Lipinski definition) is 2. The van der Waals surface area contributed by atoms with E-state index in [9.17, 15) is 0 Å². The zero-order chi connectivity index (χ0) is 8.97. The second-order valence-corrected chi connectivity index (χ2v) is 2.71. The summed E-state index contributed by atoms with van der Waals surface area (Å²) in [5.74, 6) is 2.52. The largest absolute Gasteiger partial charge is 0.301 e. The van der Waals surface area contributed by atoms with Crippen molar-refractivity contribution in [3.05, 3.63) is 17.5 Å². The predicted molar refractivity (Wildman–Crippen MR) is 48.5 cm³/mol. The molecule has 64 valence electrons. The zero-order valence-electron chi connectivity index (χ0n) is 7.46. The van der Waals surface area contributed by atoms with E-state index in [1.807, 2.05) is 24.7 Å². The fourth-order valence-electron chi connectivity index (χ4n) is 1.09. The van der Waals surface area contributed by atoms with Crippen molar-refractivity contribution in [1.82, 2.24) is 15.1 Å². The first kappa shape index (κ1) is 8.82. The number of nitrogens with one attached hydrogen (secondary N) is 1. The predicted octanol–water partition coefficient (Wildman–Crippen LogP) is 0.451. The molecule has 1 N–H and O–H groups in total. The van der Waals surface area contributed by atoms with Crippen molar-refractivity contribution >= 4 is 0 Å². The third-order valence-corrected chi connectivity index (χ3v) is 1.63. The molecule has 1 aromatic rings. The van der Waals surface area contributed by atoms with Crippen molar-refractivity contribution in [2.45, 2.75) is 13.5 Å². The molecule has 3 nitrogen and oxygen atoms in total. The van der Waals surface area contributed by atoms with Gasteiger partial charge in [-0.3, -0.25) is 4.68 Å². The van der Waals surface area contributed by atoms with E-state index in [4.69, 9.17) is 6.42 Å². The smallest absolute Gasteiger partial charge is 0.0597 e. The molecular formula is C9H13N3. The number of terminal acetylenes is 1. The Morgan fingerprint density at radius 2 is 2.50 bits per heavy atom. The first-order valence-electron chi connectivity index (χ1n) is 3.87. The molecule has 0 amide bonds. The Labute approximate surface area is 72.8 Å². The van der Waals surface area contributed by atoms with E-state index in [0.717, 1.165) is 17.9 Å². The van der Waals surface area contributed by atoms with E-state index in [1.54, 1.807) is 0 Å². The van der Waals surface area contributed by atoms with Gasteiger partial charge in [-0.1, -0.05) is 5.92 Å². The Hall–Kier alpha value is -1.27. The normalized spacial score (nSPS) is 9.75. The quantitative estimate of drug-likeness (QED) is 0.518. The van der Waals surface area contributed by atoms with Gasteiger partial charge >= 0.3 is 0 Å². The van der Waals surface area contributed by atoms with Crippen molar-refractivity contribution in [2.24, 2.45) is 7.05 Å². The van der Waals surface area contributed by atoms with E-state index in [-0.39, 0.29) is 0 Å². The van der Waals surface area contributed by atoms with Crippen LogP contribution in [0.2, 0.25) is 0 Å². The highest BCUT2D eigenvalue weighted by Gasteiger charge is 1.99. The van der Waals surface area contributed by atoms with Crippen molar-refractivity contribution in [2.75, 3.05) is 6.54 Å². The molecule has 1 rings (SSSR count). The standard InChI is InChI=1S/C9H13N3/c1-4-5-10-7-9-6-8(2)11-12(9)3/h1,6,10H,5,7H2,2-3H3. The molecule has 0 aliphatic rings. The summed E-state index contributed by atoms with van der Waals surface area (Å²) in [5.41, 5.74) is 2.19. The van der Waals surface area contributed by atoms with Gasteiger partial charge in [0.25, 0.3) is 0 Å². The van der Waals surface area contributed by atoms with Gasteiger partial charge < -0.3 is 5.32 Å². The molecule has 0 spiro atoms. The number of aryl methyl sites for hydroxylation is 2. The summed E-state index contributed by atoms with van der Waals surface area (Å²) < 4.78 is 1.86. The van der Waals surface area contributed by atoms with E-state index < -0.39 is 0 Å². The van der Waals surface area contributed by atoms with E-state index in [0.29, 0.717) is 6.54 Å². The zero-order valence-corrected chi connectivity index (χ0v) is 7.46. The number of aromatic nitrogens is 2. The molecule has 1 aromatic heterocycles. The molecule has 12 heavy (non-hydrogen) atoms. The van der Waals surface area contributed by atoms with Crippen LogP contribution in [-0.2, 0) is 13.6 Å². The lowest BCUT2D eigenvalue weighted by atomic mass is 10.3. The van der Waals surface area contributed by atoms with Gasteiger partial charge in [0.15, 0.2) is 0 Å². The molecule has 0 aromatic carbocycles. The second kappa shape index (κ2) is 3.93.